The Kier molecular flexibility index (Phi) is 6.60. The number of hydrogen-bond donors (Lipinski definition) is 2. The van der Waals surface area contributed by atoms with Gasteiger partial charge in [0, 0.05) is 20.0 Å². The lowest BCUT2D eigenvalue weighted by Crippen LogP contribution is -2.42. The Balaban J connectivity index is 1.66. The van der Waals surface area contributed by atoms with E-state index in [9.17, 15) is 0 Å². The molecule has 1 aliphatic rings. The lowest BCUT2D eigenvalue weighted by molar-refractivity contribution is 0.245. The van der Waals surface area contributed by atoms with Gasteiger partial charge in [-0.1, -0.05) is 35.5 Å². The second-order valence-corrected chi connectivity index (χ2v) is 6.48. The summed E-state index contributed by atoms with van der Waals surface area (Å²) in [5.41, 5.74) is 1.34. The van der Waals surface area contributed by atoms with E-state index in [4.69, 9.17) is 4.52 Å². The highest BCUT2D eigenvalue weighted by atomic mass is 16.5. The first-order valence-corrected chi connectivity index (χ1v) is 9.36. The third-order valence-electron chi connectivity index (χ3n) is 4.52. The molecule has 26 heavy (non-hydrogen) atoms. The average molecular weight is 356 g/mol. The van der Waals surface area contributed by atoms with E-state index in [-0.39, 0.29) is 0 Å². The standard InChI is InChI=1S/C19H28N6O/c1-3-20-19(22-14-18-23-15(2)26-24-18)21-13-17(25-11-7-8-12-25)16-9-5-4-6-10-16/h4-6,9-10,17H,3,7-8,11-14H2,1-2H3,(H2,20,21,22). The number of aryl methyl sites for hydroxylation is 1. The third kappa shape index (κ3) is 5.05. The van der Waals surface area contributed by atoms with E-state index in [1.54, 1.807) is 6.92 Å². The fourth-order valence-electron chi connectivity index (χ4n) is 3.28. The summed E-state index contributed by atoms with van der Waals surface area (Å²) in [6.45, 7) is 8.15. The molecule has 1 aromatic carbocycles. The highest BCUT2D eigenvalue weighted by Gasteiger charge is 2.23. The van der Waals surface area contributed by atoms with Crippen LogP contribution in [0.1, 0.15) is 43.1 Å². The van der Waals surface area contributed by atoms with E-state index in [0.717, 1.165) is 32.1 Å². The molecule has 1 aliphatic heterocycles. The first kappa shape index (κ1) is 18.4. The van der Waals surface area contributed by atoms with E-state index in [1.807, 2.05) is 0 Å². The lowest BCUT2D eigenvalue weighted by atomic mass is 10.1. The molecule has 2 N–H and O–H groups in total. The maximum Gasteiger partial charge on any atom is 0.223 e. The predicted octanol–water partition coefficient (Wildman–Crippen LogP) is 2.27. The van der Waals surface area contributed by atoms with Gasteiger partial charge in [-0.15, -0.1) is 0 Å². The van der Waals surface area contributed by atoms with Crippen LogP contribution in [0, 0.1) is 6.92 Å². The molecule has 0 saturated carbocycles. The number of aromatic nitrogens is 2. The summed E-state index contributed by atoms with van der Waals surface area (Å²) in [5, 5.41) is 10.7. The van der Waals surface area contributed by atoms with Crippen LogP contribution in [0.25, 0.3) is 0 Å². The molecule has 0 radical (unpaired) electrons. The fraction of sp³-hybridized carbons (Fsp3) is 0.526. The Labute approximate surface area is 154 Å². The number of benzene rings is 1. The lowest BCUT2D eigenvalue weighted by Gasteiger charge is -2.29. The molecule has 2 aromatic rings. The zero-order valence-electron chi connectivity index (χ0n) is 15.6. The molecule has 7 heteroatoms. The second-order valence-electron chi connectivity index (χ2n) is 6.48. The van der Waals surface area contributed by atoms with Crippen LogP contribution in [0.4, 0.5) is 0 Å². The van der Waals surface area contributed by atoms with Crippen LogP contribution in [-0.2, 0) is 6.54 Å². The summed E-state index contributed by atoms with van der Waals surface area (Å²) in [6, 6.07) is 11.0. The zero-order chi connectivity index (χ0) is 18.2. The third-order valence-corrected chi connectivity index (χ3v) is 4.52. The largest absolute Gasteiger partial charge is 0.357 e. The van der Waals surface area contributed by atoms with Crippen molar-refractivity contribution in [2.24, 2.45) is 4.99 Å². The molecule has 140 valence electrons. The topological polar surface area (TPSA) is 78.6 Å². The predicted molar refractivity (Wildman–Crippen MR) is 102 cm³/mol. The van der Waals surface area contributed by atoms with Crippen molar-refractivity contribution in [2.75, 3.05) is 26.2 Å². The van der Waals surface area contributed by atoms with Crippen LogP contribution in [0.5, 0.6) is 0 Å². The van der Waals surface area contributed by atoms with Gasteiger partial charge in [-0.05, 0) is 38.4 Å². The second kappa shape index (κ2) is 9.33. The van der Waals surface area contributed by atoms with Crippen molar-refractivity contribution in [1.82, 2.24) is 25.7 Å². The molecule has 2 heterocycles. The van der Waals surface area contributed by atoms with Crippen LogP contribution in [-0.4, -0.2) is 47.2 Å². The van der Waals surface area contributed by atoms with Crippen molar-refractivity contribution in [1.29, 1.82) is 0 Å². The Morgan fingerprint density at radius 2 is 2.00 bits per heavy atom. The molecule has 0 bridgehead atoms. The summed E-state index contributed by atoms with van der Waals surface area (Å²) in [6.07, 6.45) is 2.54. The van der Waals surface area contributed by atoms with Gasteiger partial charge in [-0.2, -0.15) is 4.98 Å². The van der Waals surface area contributed by atoms with Crippen LogP contribution in [0.2, 0.25) is 0 Å². The Hall–Kier alpha value is -2.41. The van der Waals surface area contributed by atoms with Crippen molar-refractivity contribution in [3.05, 3.63) is 47.6 Å². The van der Waals surface area contributed by atoms with Gasteiger partial charge in [0.1, 0.15) is 6.54 Å². The summed E-state index contributed by atoms with van der Waals surface area (Å²) < 4.78 is 5.00. The monoisotopic (exact) mass is 356 g/mol. The normalized spacial score (nSPS) is 16.6. The van der Waals surface area contributed by atoms with E-state index < -0.39 is 0 Å². The molecular formula is C19H28N6O. The number of nitrogens with zero attached hydrogens (tertiary/aromatic N) is 4. The van der Waals surface area contributed by atoms with Gasteiger partial charge in [0.15, 0.2) is 11.8 Å². The molecule has 1 saturated heterocycles. The first-order chi connectivity index (χ1) is 12.8. The highest BCUT2D eigenvalue weighted by Crippen LogP contribution is 2.24. The fourth-order valence-corrected chi connectivity index (χ4v) is 3.28. The number of nitrogens with one attached hydrogen (secondary N) is 2. The van der Waals surface area contributed by atoms with Crippen LogP contribution in [0.3, 0.4) is 0 Å². The van der Waals surface area contributed by atoms with Crippen molar-refractivity contribution in [3.8, 4) is 0 Å². The number of likely N-dealkylation sites (tertiary alicyclic amines) is 1. The smallest absolute Gasteiger partial charge is 0.223 e. The summed E-state index contributed by atoms with van der Waals surface area (Å²) in [5.74, 6) is 1.93. The molecule has 0 amide bonds. The van der Waals surface area contributed by atoms with Crippen molar-refractivity contribution < 1.29 is 4.52 Å². The van der Waals surface area contributed by atoms with E-state index in [2.05, 4.69) is 67.9 Å². The van der Waals surface area contributed by atoms with Gasteiger partial charge >= 0.3 is 0 Å². The molecule has 1 unspecified atom stereocenters. The molecular weight excluding hydrogens is 328 g/mol. The van der Waals surface area contributed by atoms with Crippen LogP contribution < -0.4 is 10.6 Å². The van der Waals surface area contributed by atoms with Crippen molar-refractivity contribution in [2.45, 2.75) is 39.3 Å². The summed E-state index contributed by atoms with van der Waals surface area (Å²) >= 11 is 0. The molecule has 0 aliphatic carbocycles. The Bertz CT molecular complexity index is 693. The summed E-state index contributed by atoms with van der Waals surface area (Å²) in [7, 11) is 0. The minimum Gasteiger partial charge on any atom is -0.357 e. The van der Waals surface area contributed by atoms with Crippen molar-refractivity contribution in [3.63, 3.8) is 0 Å². The zero-order valence-corrected chi connectivity index (χ0v) is 15.6. The summed E-state index contributed by atoms with van der Waals surface area (Å²) in [4.78, 5) is 11.3. The van der Waals surface area contributed by atoms with Gasteiger partial charge in [0.25, 0.3) is 0 Å². The molecule has 1 fully saturated rings. The average Bonchev–Trinajstić information content (AvgIpc) is 3.33. The quantitative estimate of drug-likeness (QED) is 0.585. The minimum atomic E-state index is 0.343. The van der Waals surface area contributed by atoms with Gasteiger partial charge < -0.3 is 15.2 Å². The number of rotatable bonds is 7. The van der Waals surface area contributed by atoms with Gasteiger partial charge in [0.2, 0.25) is 5.89 Å². The van der Waals surface area contributed by atoms with E-state index >= 15 is 0 Å². The van der Waals surface area contributed by atoms with E-state index in [0.29, 0.717) is 24.3 Å². The first-order valence-electron chi connectivity index (χ1n) is 9.36. The SMILES string of the molecule is CCNC(=NCc1noc(C)n1)NCC(c1ccccc1)N1CCCC1. The Morgan fingerprint density at radius 1 is 1.23 bits per heavy atom. The van der Waals surface area contributed by atoms with Crippen LogP contribution >= 0.6 is 0 Å². The minimum absolute atomic E-state index is 0.343. The molecule has 1 atom stereocenters. The number of hydrogen-bond acceptors (Lipinski definition) is 5. The van der Waals surface area contributed by atoms with Gasteiger partial charge in [0.05, 0.1) is 6.04 Å². The maximum absolute atomic E-state index is 5.00. The molecule has 3 rings (SSSR count). The number of aliphatic imine (C=N–C) groups is 1. The molecule has 1 aromatic heterocycles. The maximum atomic E-state index is 5.00. The molecule has 7 nitrogen and oxygen atoms in total. The van der Waals surface area contributed by atoms with Crippen LogP contribution in [0.15, 0.2) is 39.8 Å². The Morgan fingerprint density at radius 3 is 2.65 bits per heavy atom. The molecule has 0 spiro atoms. The van der Waals surface area contributed by atoms with Gasteiger partial charge in [-0.25, -0.2) is 4.99 Å². The number of guanidine groups is 1. The van der Waals surface area contributed by atoms with Crippen molar-refractivity contribution >= 4 is 5.96 Å². The highest BCUT2D eigenvalue weighted by molar-refractivity contribution is 5.79. The van der Waals surface area contributed by atoms with E-state index in [1.165, 1.54) is 18.4 Å². The van der Waals surface area contributed by atoms with Gasteiger partial charge in [-0.3, -0.25) is 4.90 Å².